The Bertz CT molecular complexity index is 288. The summed E-state index contributed by atoms with van der Waals surface area (Å²) in [5.74, 6) is -0.375. The van der Waals surface area contributed by atoms with Crippen LogP contribution in [0.4, 0.5) is 0 Å². The van der Waals surface area contributed by atoms with Crippen molar-refractivity contribution in [3.63, 3.8) is 0 Å². The van der Waals surface area contributed by atoms with Crippen LogP contribution < -0.4 is 15.8 Å². The van der Waals surface area contributed by atoms with Gasteiger partial charge < -0.3 is 11.1 Å². The van der Waals surface area contributed by atoms with Crippen LogP contribution in [0.3, 0.4) is 0 Å². The average molecular weight is 237 g/mol. The average Bonchev–Trinajstić information content (AvgIpc) is 2.11. The van der Waals surface area contributed by atoms with E-state index in [4.69, 9.17) is 5.73 Å². The Morgan fingerprint density at radius 2 is 2.00 bits per heavy atom. The van der Waals surface area contributed by atoms with Crippen molar-refractivity contribution in [2.75, 3.05) is 18.8 Å². The van der Waals surface area contributed by atoms with Gasteiger partial charge in [-0.25, -0.2) is 13.1 Å². The molecule has 4 N–H and O–H groups in total. The molecule has 0 rings (SSSR count). The van der Waals surface area contributed by atoms with Crippen LogP contribution in [0.1, 0.15) is 20.3 Å². The minimum absolute atomic E-state index is 0.00560. The van der Waals surface area contributed by atoms with E-state index in [9.17, 15) is 13.2 Å². The maximum atomic E-state index is 11.2. The summed E-state index contributed by atoms with van der Waals surface area (Å²) in [7, 11) is -3.37. The van der Waals surface area contributed by atoms with Crippen molar-refractivity contribution in [2.45, 2.75) is 26.3 Å². The van der Waals surface area contributed by atoms with Crippen molar-refractivity contribution in [3.05, 3.63) is 0 Å². The van der Waals surface area contributed by atoms with E-state index in [1.807, 2.05) is 0 Å². The largest absolute Gasteiger partial charge is 0.353 e. The van der Waals surface area contributed by atoms with E-state index in [0.717, 1.165) is 0 Å². The van der Waals surface area contributed by atoms with Crippen molar-refractivity contribution >= 4 is 15.9 Å². The first-order chi connectivity index (χ1) is 6.87. The van der Waals surface area contributed by atoms with Crippen molar-refractivity contribution in [1.82, 2.24) is 10.0 Å². The summed E-state index contributed by atoms with van der Waals surface area (Å²) < 4.78 is 24.7. The highest BCUT2D eigenvalue weighted by atomic mass is 32.2. The maximum Gasteiger partial charge on any atom is 0.235 e. The van der Waals surface area contributed by atoms with Crippen LogP contribution in [0.2, 0.25) is 0 Å². The first kappa shape index (κ1) is 14.3. The van der Waals surface area contributed by atoms with Gasteiger partial charge in [-0.05, 0) is 26.8 Å². The highest BCUT2D eigenvalue weighted by Crippen LogP contribution is 1.87. The monoisotopic (exact) mass is 237 g/mol. The smallest absolute Gasteiger partial charge is 0.235 e. The lowest BCUT2D eigenvalue weighted by Gasteiger charge is -2.09. The lowest BCUT2D eigenvalue weighted by atomic mass is 10.4. The number of carbonyl (C=O) groups excluding carboxylic acids is 1. The van der Waals surface area contributed by atoms with E-state index < -0.39 is 10.0 Å². The van der Waals surface area contributed by atoms with Crippen LogP contribution in [0, 0.1) is 0 Å². The lowest BCUT2D eigenvalue weighted by molar-refractivity contribution is -0.120. The zero-order chi connectivity index (χ0) is 11.9. The van der Waals surface area contributed by atoms with Crippen LogP contribution in [0.5, 0.6) is 0 Å². The van der Waals surface area contributed by atoms with E-state index in [0.29, 0.717) is 13.0 Å². The molecule has 0 saturated heterocycles. The number of hydrogen-bond acceptors (Lipinski definition) is 4. The Morgan fingerprint density at radius 1 is 1.40 bits per heavy atom. The number of amides is 1. The van der Waals surface area contributed by atoms with E-state index in [1.54, 1.807) is 13.8 Å². The summed E-state index contributed by atoms with van der Waals surface area (Å²) in [5.41, 5.74) is 5.19. The minimum atomic E-state index is -3.37. The van der Waals surface area contributed by atoms with Crippen molar-refractivity contribution in [2.24, 2.45) is 5.73 Å². The third kappa shape index (κ3) is 8.34. The molecule has 15 heavy (non-hydrogen) atoms. The first-order valence-electron chi connectivity index (χ1n) is 4.84. The normalized spacial score (nSPS) is 11.7. The fraction of sp³-hybridized carbons (Fsp3) is 0.875. The van der Waals surface area contributed by atoms with E-state index in [-0.39, 0.29) is 24.2 Å². The third-order valence-electron chi connectivity index (χ3n) is 1.52. The molecule has 0 aromatic carbocycles. The van der Waals surface area contributed by atoms with Gasteiger partial charge in [0.1, 0.15) is 0 Å². The van der Waals surface area contributed by atoms with E-state index in [1.165, 1.54) is 0 Å². The molecule has 90 valence electrons. The Labute approximate surface area is 90.7 Å². The lowest BCUT2D eigenvalue weighted by Crippen LogP contribution is -2.40. The summed E-state index contributed by atoms with van der Waals surface area (Å²) in [6.45, 7) is 3.71. The molecule has 0 saturated carbocycles. The molecule has 0 aromatic heterocycles. The fourth-order valence-electron chi connectivity index (χ4n) is 0.894. The summed E-state index contributed by atoms with van der Waals surface area (Å²) in [5, 5.41) is 2.58. The minimum Gasteiger partial charge on any atom is -0.353 e. The molecule has 0 radical (unpaired) electrons. The van der Waals surface area contributed by atoms with E-state index in [2.05, 4.69) is 10.0 Å². The molecule has 0 heterocycles. The number of nitrogens with two attached hydrogens (primary N) is 1. The van der Waals surface area contributed by atoms with Crippen LogP contribution >= 0.6 is 0 Å². The van der Waals surface area contributed by atoms with Gasteiger partial charge in [0, 0.05) is 6.04 Å². The molecule has 0 spiro atoms. The van der Waals surface area contributed by atoms with Crippen molar-refractivity contribution in [3.8, 4) is 0 Å². The highest BCUT2D eigenvalue weighted by Gasteiger charge is 2.11. The van der Waals surface area contributed by atoms with Gasteiger partial charge in [0.2, 0.25) is 15.9 Å². The third-order valence-corrected chi connectivity index (χ3v) is 2.93. The Balaban J connectivity index is 3.88. The zero-order valence-electron chi connectivity index (χ0n) is 9.12. The second kappa shape index (κ2) is 6.76. The van der Waals surface area contributed by atoms with Gasteiger partial charge in [0.15, 0.2) is 0 Å². The quantitative estimate of drug-likeness (QED) is 0.516. The molecule has 0 atom stereocenters. The molecule has 0 aliphatic carbocycles. The number of rotatable bonds is 7. The molecular formula is C8H19N3O3S. The van der Waals surface area contributed by atoms with Crippen molar-refractivity contribution < 1.29 is 13.2 Å². The van der Waals surface area contributed by atoms with Crippen LogP contribution in [0.25, 0.3) is 0 Å². The van der Waals surface area contributed by atoms with Crippen LogP contribution in [-0.2, 0) is 14.8 Å². The topological polar surface area (TPSA) is 101 Å². The van der Waals surface area contributed by atoms with E-state index >= 15 is 0 Å². The van der Waals surface area contributed by atoms with Crippen LogP contribution in [0.15, 0.2) is 0 Å². The molecule has 0 bridgehead atoms. The molecule has 0 fully saturated rings. The van der Waals surface area contributed by atoms with Gasteiger partial charge in [-0.15, -0.1) is 0 Å². The predicted molar refractivity (Wildman–Crippen MR) is 58.7 cm³/mol. The Morgan fingerprint density at radius 3 is 2.47 bits per heavy atom. The molecule has 1 amide bonds. The molecular weight excluding hydrogens is 218 g/mol. The van der Waals surface area contributed by atoms with Gasteiger partial charge in [0.05, 0.1) is 12.3 Å². The molecule has 6 nitrogen and oxygen atoms in total. The summed E-state index contributed by atoms with van der Waals surface area (Å²) in [6, 6.07) is 0.00560. The molecule has 0 unspecified atom stereocenters. The SMILES string of the molecule is CC(C)NC(=O)CNS(=O)(=O)CCCN. The van der Waals surface area contributed by atoms with Crippen molar-refractivity contribution in [1.29, 1.82) is 0 Å². The van der Waals surface area contributed by atoms with Gasteiger partial charge in [-0.1, -0.05) is 0 Å². The first-order valence-corrected chi connectivity index (χ1v) is 6.49. The molecule has 0 aliphatic rings. The summed E-state index contributed by atoms with van der Waals surface area (Å²) >= 11 is 0. The number of sulfonamides is 1. The Hall–Kier alpha value is -0.660. The predicted octanol–water partition coefficient (Wildman–Crippen LogP) is -1.22. The van der Waals surface area contributed by atoms with Crippen LogP contribution in [-0.4, -0.2) is 39.2 Å². The maximum absolute atomic E-state index is 11.2. The van der Waals surface area contributed by atoms with Gasteiger partial charge in [0.25, 0.3) is 0 Å². The molecule has 0 aromatic rings. The number of nitrogens with one attached hydrogen (secondary N) is 2. The number of carbonyl (C=O) groups is 1. The van der Waals surface area contributed by atoms with Gasteiger partial charge in [-0.2, -0.15) is 0 Å². The number of hydrogen-bond donors (Lipinski definition) is 3. The fourth-order valence-corrected chi connectivity index (χ4v) is 1.94. The summed E-state index contributed by atoms with van der Waals surface area (Å²) in [4.78, 5) is 11.1. The molecule has 0 aliphatic heterocycles. The van der Waals surface area contributed by atoms with Gasteiger partial charge >= 0.3 is 0 Å². The second-order valence-electron chi connectivity index (χ2n) is 3.50. The van der Waals surface area contributed by atoms with Gasteiger partial charge in [-0.3, -0.25) is 4.79 Å². The zero-order valence-corrected chi connectivity index (χ0v) is 9.93. The second-order valence-corrected chi connectivity index (χ2v) is 5.43. The Kier molecular flexibility index (Phi) is 6.46. The standard InChI is InChI=1S/C8H19N3O3S/c1-7(2)11-8(12)6-10-15(13,14)5-3-4-9/h7,10H,3-6,9H2,1-2H3,(H,11,12). The highest BCUT2D eigenvalue weighted by molar-refractivity contribution is 7.89. The summed E-state index contributed by atoms with van der Waals surface area (Å²) in [6.07, 6.45) is 0.390. The molecule has 7 heteroatoms.